The summed E-state index contributed by atoms with van der Waals surface area (Å²) in [4.78, 5) is 22.8. The van der Waals surface area contributed by atoms with Gasteiger partial charge < -0.3 is 15.8 Å². The maximum Gasteiger partial charge on any atom is 0.411 e. The van der Waals surface area contributed by atoms with Gasteiger partial charge in [0.15, 0.2) is 0 Å². The van der Waals surface area contributed by atoms with Gasteiger partial charge in [-0.1, -0.05) is 13.8 Å². The molecule has 0 saturated carbocycles. The maximum absolute atomic E-state index is 11.8. The second kappa shape index (κ2) is 7.49. The molecule has 1 aromatic rings. The average Bonchev–Trinajstić information content (AvgIpc) is 2.40. The lowest BCUT2D eigenvalue weighted by Crippen LogP contribution is -2.36. The molecule has 0 aliphatic heterocycles. The van der Waals surface area contributed by atoms with E-state index < -0.39 is 12.1 Å². The highest BCUT2D eigenvalue weighted by atomic mass is 16.5. The summed E-state index contributed by atoms with van der Waals surface area (Å²) in [5.41, 5.74) is 7.01. The number of anilines is 2. The first-order valence-corrected chi connectivity index (χ1v) is 6.44. The Morgan fingerprint density at radius 2 is 1.65 bits per heavy atom. The van der Waals surface area contributed by atoms with Crippen LogP contribution in [0.1, 0.15) is 20.3 Å². The van der Waals surface area contributed by atoms with Gasteiger partial charge in [0.05, 0.1) is 13.2 Å². The Balaban J connectivity index is 2.56. The van der Waals surface area contributed by atoms with Crippen molar-refractivity contribution >= 4 is 23.4 Å². The van der Waals surface area contributed by atoms with E-state index in [4.69, 9.17) is 5.73 Å². The number of amides is 2. The van der Waals surface area contributed by atoms with E-state index in [9.17, 15) is 9.59 Å². The summed E-state index contributed by atoms with van der Waals surface area (Å²) in [7, 11) is 1.29. The number of nitrogens with one attached hydrogen (secondary N) is 2. The lowest BCUT2D eigenvalue weighted by Gasteiger charge is -2.14. The number of rotatable bonds is 5. The number of benzene rings is 1. The molecule has 0 aliphatic carbocycles. The molecule has 0 saturated heterocycles. The number of hydrogen-bond donors (Lipinski definition) is 3. The van der Waals surface area contributed by atoms with Crippen LogP contribution in [0.3, 0.4) is 0 Å². The molecular weight excluding hydrogens is 258 g/mol. The van der Waals surface area contributed by atoms with Crippen molar-refractivity contribution in [1.82, 2.24) is 0 Å². The van der Waals surface area contributed by atoms with Crippen LogP contribution in [0.2, 0.25) is 0 Å². The van der Waals surface area contributed by atoms with Crippen LogP contribution in [-0.4, -0.2) is 25.2 Å². The smallest absolute Gasteiger partial charge is 0.411 e. The standard InChI is InChI=1S/C14H21N3O3/c1-9(2)8-12(15)13(18)16-10-4-6-11(7-5-10)17-14(19)20-3/h4-7,9,12H,8,15H2,1-3H3,(H,16,18)(H,17,19). The molecule has 110 valence electrons. The van der Waals surface area contributed by atoms with E-state index in [0.717, 1.165) is 0 Å². The Bertz CT molecular complexity index is 457. The second-order valence-corrected chi connectivity index (χ2v) is 4.92. The molecule has 0 bridgehead atoms. The van der Waals surface area contributed by atoms with Gasteiger partial charge in [0, 0.05) is 11.4 Å². The Morgan fingerprint density at radius 1 is 1.15 bits per heavy atom. The SMILES string of the molecule is COC(=O)Nc1ccc(NC(=O)C(N)CC(C)C)cc1. The van der Waals surface area contributed by atoms with Crippen molar-refractivity contribution in [3.63, 3.8) is 0 Å². The fraction of sp³-hybridized carbons (Fsp3) is 0.429. The van der Waals surface area contributed by atoms with Gasteiger partial charge in [-0.25, -0.2) is 4.79 Å². The van der Waals surface area contributed by atoms with Crippen LogP contribution in [-0.2, 0) is 9.53 Å². The molecule has 6 heteroatoms. The molecule has 0 aromatic heterocycles. The van der Waals surface area contributed by atoms with Gasteiger partial charge in [-0.05, 0) is 36.6 Å². The molecule has 0 fully saturated rings. The largest absolute Gasteiger partial charge is 0.453 e. The molecule has 1 unspecified atom stereocenters. The molecule has 2 amide bonds. The normalized spacial score (nSPS) is 11.8. The van der Waals surface area contributed by atoms with Crippen LogP contribution in [0.15, 0.2) is 24.3 Å². The van der Waals surface area contributed by atoms with E-state index in [2.05, 4.69) is 15.4 Å². The van der Waals surface area contributed by atoms with Gasteiger partial charge in [-0.15, -0.1) is 0 Å². The lowest BCUT2D eigenvalue weighted by molar-refractivity contribution is -0.117. The molecular formula is C14H21N3O3. The van der Waals surface area contributed by atoms with Crippen molar-refractivity contribution in [3.05, 3.63) is 24.3 Å². The first-order chi connectivity index (χ1) is 9.42. The van der Waals surface area contributed by atoms with Gasteiger partial charge in [-0.2, -0.15) is 0 Å². The third-order valence-corrected chi connectivity index (χ3v) is 2.65. The van der Waals surface area contributed by atoms with Crippen LogP contribution in [0.25, 0.3) is 0 Å². The Labute approximate surface area is 118 Å². The number of hydrogen-bond acceptors (Lipinski definition) is 4. The quantitative estimate of drug-likeness (QED) is 0.770. The van der Waals surface area contributed by atoms with Gasteiger partial charge in [0.1, 0.15) is 0 Å². The lowest BCUT2D eigenvalue weighted by atomic mass is 10.0. The molecule has 6 nitrogen and oxygen atoms in total. The number of ether oxygens (including phenoxy) is 1. The van der Waals surface area contributed by atoms with E-state index >= 15 is 0 Å². The summed E-state index contributed by atoms with van der Waals surface area (Å²) in [5.74, 6) is 0.148. The van der Waals surface area contributed by atoms with Crippen LogP contribution in [0.5, 0.6) is 0 Å². The molecule has 20 heavy (non-hydrogen) atoms. The third-order valence-electron chi connectivity index (χ3n) is 2.65. The van der Waals surface area contributed by atoms with E-state index in [1.807, 2.05) is 13.8 Å². The van der Waals surface area contributed by atoms with Crippen molar-refractivity contribution in [1.29, 1.82) is 0 Å². The zero-order valence-electron chi connectivity index (χ0n) is 12.0. The predicted molar refractivity (Wildman–Crippen MR) is 78.5 cm³/mol. The Hall–Kier alpha value is -2.08. The molecule has 0 aliphatic rings. The number of carbonyl (C=O) groups is 2. The van der Waals surface area contributed by atoms with Gasteiger partial charge in [0.25, 0.3) is 0 Å². The maximum atomic E-state index is 11.8. The highest BCUT2D eigenvalue weighted by molar-refractivity contribution is 5.95. The Kier molecular flexibility index (Phi) is 5.99. The summed E-state index contributed by atoms with van der Waals surface area (Å²) >= 11 is 0. The monoisotopic (exact) mass is 279 g/mol. The molecule has 0 heterocycles. The van der Waals surface area contributed by atoms with Crippen molar-refractivity contribution in [2.45, 2.75) is 26.3 Å². The first-order valence-electron chi connectivity index (χ1n) is 6.44. The summed E-state index contributed by atoms with van der Waals surface area (Å²) in [5, 5.41) is 5.26. The van der Waals surface area contributed by atoms with Crippen molar-refractivity contribution in [2.75, 3.05) is 17.7 Å². The molecule has 1 rings (SSSR count). The van der Waals surface area contributed by atoms with Crippen molar-refractivity contribution in [2.24, 2.45) is 11.7 Å². The summed E-state index contributed by atoms with van der Waals surface area (Å²) < 4.78 is 4.48. The van der Waals surface area contributed by atoms with Crippen LogP contribution in [0.4, 0.5) is 16.2 Å². The van der Waals surface area contributed by atoms with Crippen LogP contribution < -0.4 is 16.4 Å². The summed E-state index contributed by atoms with van der Waals surface area (Å²) in [6.45, 7) is 4.03. The third kappa shape index (κ3) is 5.27. The van der Waals surface area contributed by atoms with Crippen molar-refractivity contribution in [3.8, 4) is 0 Å². The van der Waals surface area contributed by atoms with Gasteiger partial charge in [-0.3, -0.25) is 10.1 Å². The zero-order valence-corrected chi connectivity index (χ0v) is 12.0. The minimum atomic E-state index is -0.541. The van der Waals surface area contributed by atoms with Gasteiger partial charge in [0.2, 0.25) is 5.91 Å². The van der Waals surface area contributed by atoms with Gasteiger partial charge >= 0.3 is 6.09 Å². The average molecular weight is 279 g/mol. The summed E-state index contributed by atoms with van der Waals surface area (Å²) in [6.07, 6.45) is 0.0918. The fourth-order valence-corrected chi connectivity index (χ4v) is 1.66. The van der Waals surface area contributed by atoms with E-state index in [1.54, 1.807) is 24.3 Å². The Morgan fingerprint density at radius 3 is 2.10 bits per heavy atom. The van der Waals surface area contributed by atoms with E-state index in [1.165, 1.54) is 7.11 Å². The zero-order chi connectivity index (χ0) is 15.1. The number of carbonyl (C=O) groups excluding carboxylic acids is 2. The highest BCUT2D eigenvalue weighted by Gasteiger charge is 2.14. The molecule has 0 radical (unpaired) electrons. The van der Waals surface area contributed by atoms with Crippen molar-refractivity contribution < 1.29 is 14.3 Å². The summed E-state index contributed by atoms with van der Waals surface area (Å²) in [6, 6.07) is 6.18. The molecule has 0 spiro atoms. The molecule has 1 atom stereocenters. The fourth-order valence-electron chi connectivity index (χ4n) is 1.66. The number of methoxy groups -OCH3 is 1. The minimum Gasteiger partial charge on any atom is -0.453 e. The predicted octanol–water partition coefficient (Wildman–Crippen LogP) is 2.18. The highest BCUT2D eigenvalue weighted by Crippen LogP contribution is 2.14. The molecule has 4 N–H and O–H groups in total. The van der Waals surface area contributed by atoms with E-state index in [0.29, 0.717) is 23.7 Å². The topological polar surface area (TPSA) is 93.5 Å². The molecule has 1 aromatic carbocycles. The van der Waals surface area contributed by atoms with Crippen LogP contribution >= 0.6 is 0 Å². The van der Waals surface area contributed by atoms with E-state index in [-0.39, 0.29) is 5.91 Å². The number of nitrogens with two attached hydrogens (primary N) is 1. The minimum absolute atomic E-state index is 0.215. The second-order valence-electron chi connectivity index (χ2n) is 4.92. The van der Waals surface area contributed by atoms with Crippen LogP contribution in [0, 0.1) is 5.92 Å². The first kappa shape index (κ1) is 16.0.